The van der Waals surface area contributed by atoms with E-state index in [1.807, 2.05) is 56.3 Å². The van der Waals surface area contributed by atoms with Crippen molar-refractivity contribution < 1.29 is 14.3 Å². The van der Waals surface area contributed by atoms with Crippen molar-refractivity contribution in [2.45, 2.75) is 39.8 Å². The Bertz CT molecular complexity index is 821. The number of nitrogens with one attached hydrogen (secondary N) is 1. The van der Waals surface area contributed by atoms with Crippen LogP contribution < -0.4 is 10.1 Å². The van der Waals surface area contributed by atoms with Crippen molar-refractivity contribution in [3.8, 4) is 5.75 Å². The molecule has 0 unspecified atom stereocenters. The van der Waals surface area contributed by atoms with E-state index < -0.39 is 6.04 Å². The number of ether oxygens (including phenoxy) is 1. The lowest BCUT2D eigenvalue weighted by Crippen LogP contribution is -2.48. The second kappa shape index (κ2) is 10.9. The average Bonchev–Trinajstić information content (AvgIpc) is 2.71. The zero-order chi connectivity index (χ0) is 21.4. The largest absolute Gasteiger partial charge is 0.497 e. The van der Waals surface area contributed by atoms with Gasteiger partial charge in [-0.2, -0.15) is 0 Å². The molecule has 29 heavy (non-hydrogen) atoms. The monoisotopic (exact) mass is 416 g/mol. The molecule has 0 radical (unpaired) electrons. The highest BCUT2D eigenvalue weighted by Gasteiger charge is 2.26. The molecule has 0 heterocycles. The zero-order valence-electron chi connectivity index (χ0n) is 17.4. The van der Waals surface area contributed by atoms with Gasteiger partial charge in [0.2, 0.25) is 11.8 Å². The summed E-state index contributed by atoms with van der Waals surface area (Å²) in [5.74, 6) is 0.756. The van der Waals surface area contributed by atoms with Crippen molar-refractivity contribution in [1.82, 2.24) is 10.2 Å². The SMILES string of the molecule is COc1ccc(CN(C(=O)Cc2ccccc2Cl)[C@@H](C)C(=O)NCC(C)C)cc1. The van der Waals surface area contributed by atoms with Gasteiger partial charge in [0.15, 0.2) is 0 Å². The number of carbonyl (C=O) groups excluding carboxylic acids is 2. The van der Waals surface area contributed by atoms with E-state index in [9.17, 15) is 9.59 Å². The van der Waals surface area contributed by atoms with E-state index in [-0.39, 0.29) is 18.2 Å². The van der Waals surface area contributed by atoms with E-state index in [0.29, 0.717) is 24.0 Å². The van der Waals surface area contributed by atoms with E-state index in [1.54, 1.807) is 25.0 Å². The fraction of sp³-hybridized carbons (Fsp3) is 0.391. The van der Waals surface area contributed by atoms with Crippen LogP contribution in [0.25, 0.3) is 0 Å². The first-order valence-corrected chi connectivity index (χ1v) is 10.1. The maximum atomic E-state index is 13.1. The van der Waals surface area contributed by atoms with Crippen molar-refractivity contribution >= 4 is 23.4 Å². The maximum Gasteiger partial charge on any atom is 0.242 e. The standard InChI is InChI=1S/C23H29ClN2O3/c1-16(2)14-25-23(28)17(3)26(15-18-9-11-20(29-4)12-10-18)22(27)13-19-7-5-6-8-21(19)24/h5-12,16-17H,13-15H2,1-4H3,(H,25,28)/t17-/m0/s1. The highest BCUT2D eigenvalue weighted by molar-refractivity contribution is 6.31. The second-order valence-electron chi connectivity index (χ2n) is 7.45. The quantitative estimate of drug-likeness (QED) is 0.670. The summed E-state index contributed by atoms with van der Waals surface area (Å²) < 4.78 is 5.19. The van der Waals surface area contributed by atoms with Crippen molar-refractivity contribution in [2.24, 2.45) is 5.92 Å². The molecule has 2 aromatic rings. The molecule has 5 nitrogen and oxygen atoms in total. The molecule has 2 amide bonds. The third kappa shape index (κ3) is 6.79. The van der Waals surface area contributed by atoms with Crippen LogP contribution in [-0.4, -0.2) is 36.4 Å². The molecule has 0 bridgehead atoms. The summed E-state index contributed by atoms with van der Waals surface area (Å²) in [6.45, 7) is 6.71. The number of nitrogens with zero attached hydrogens (tertiary/aromatic N) is 1. The number of carbonyl (C=O) groups is 2. The van der Waals surface area contributed by atoms with Gasteiger partial charge in [0.05, 0.1) is 13.5 Å². The Hall–Kier alpha value is -2.53. The van der Waals surface area contributed by atoms with Crippen molar-refractivity contribution in [2.75, 3.05) is 13.7 Å². The minimum atomic E-state index is -0.606. The van der Waals surface area contributed by atoms with Crippen LogP contribution in [0.15, 0.2) is 48.5 Å². The normalized spacial score (nSPS) is 11.8. The Morgan fingerprint density at radius 1 is 1.07 bits per heavy atom. The first-order chi connectivity index (χ1) is 13.8. The van der Waals surface area contributed by atoms with Crippen LogP contribution in [0.5, 0.6) is 5.75 Å². The van der Waals surface area contributed by atoms with E-state index in [1.165, 1.54) is 0 Å². The third-order valence-corrected chi connectivity index (χ3v) is 5.03. The first kappa shape index (κ1) is 22.8. The van der Waals surface area contributed by atoms with Gasteiger partial charge < -0.3 is 15.0 Å². The van der Waals surface area contributed by atoms with Gasteiger partial charge in [-0.15, -0.1) is 0 Å². The summed E-state index contributed by atoms with van der Waals surface area (Å²) in [4.78, 5) is 27.4. The van der Waals surface area contributed by atoms with Crippen molar-refractivity contribution in [1.29, 1.82) is 0 Å². The Kier molecular flexibility index (Phi) is 8.52. The zero-order valence-corrected chi connectivity index (χ0v) is 18.2. The molecule has 1 atom stereocenters. The molecular weight excluding hydrogens is 388 g/mol. The summed E-state index contributed by atoms with van der Waals surface area (Å²) in [6, 6.07) is 14.1. The van der Waals surface area contributed by atoms with Gasteiger partial charge in [0, 0.05) is 18.1 Å². The molecule has 0 saturated carbocycles. The Morgan fingerprint density at radius 3 is 2.31 bits per heavy atom. The number of halogens is 1. The number of amides is 2. The highest BCUT2D eigenvalue weighted by atomic mass is 35.5. The van der Waals surface area contributed by atoms with E-state index in [4.69, 9.17) is 16.3 Å². The fourth-order valence-electron chi connectivity index (χ4n) is 2.87. The lowest BCUT2D eigenvalue weighted by atomic mass is 10.1. The van der Waals surface area contributed by atoms with Crippen LogP contribution in [-0.2, 0) is 22.6 Å². The molecule has 0 fully saturated rings. The van der Waals surface area contributed by atoms with Gasteiger partial charge in [0.1, 0.15) is 11.8 Å². The van der Waals surface area contributed by atoms with Gasteiger partial charge in [0.25, 0.3) is 0 Å². The molecular formula is C23H29ClN2O3. The van der Waals surface area contributed by atoms with Gasteiger partial charge in [-0.3, -0.25) is 9.59 Å². The van der Waals surface area contributed by atoms with Crippen LogP contribution in [0.4, 0.5) is 0 Å². The van der Waals surface area contributed by atoms with Gasteiger partial charge in [-0.1, -0.05) is 55.8 Å². The fourth-order valence-corrected chi connectivity index (χ4v) is 3.07. The summed E-state index contributed by atoms with van der Waals surface area (Å²) in [5.41, 5.74) is 1.66. The molecule has 2 rings (SSSR count). The molecule has 6 heteroatoms. The smallest absolute Gasteiger partial charge is 0.242 e. The lowest BCUT2D eigenvalue weighted by Gasteiger charge is -2.29. The van der Waals surface area contributed by atoms with Crippen LogP contribution in [0.3, 0.4) is 0 Å². The van der Waals surface area contributed by atoms with Crippen LogP contribution in [0.1, 0.15) is 31.9 Å². The molecule has 0 spiro atoms. The Morgan fingerprint density at radius 2 is 1.72 bits per heavy atom. The predicted octanol–water partition coefficient (Wildman–Crippen LogP) is 4.08. The van der Waals surface area contributed by atoms with Crippen LogP contribution >= 0.6 is 11.6 Å². The van der Waals surface area contributed by atoms with Gasteiger partial charge in [-0.25, -0.2) is 0 Å². The molecule has 1 N–H and O–H groups in total. The van der Waals surface area contributed by atoms with E-state index >= 15 is 0 Å². The number of benzene rings is 2. The molecule has 2 aromatic carbocycles. The number of hydrogen-bond acceptors (Lipinski definition) is 3. The number of rotatable bonds is 9. The number of methoxy groups -OCH3 is 1. The number of hydrogen-bond donors (Lipinski definition) is 1. The van der Waals surface area contributed by atoms with E-state index in [2.05, 4.69) is 5.32 Å². The van der Waals surface area contributed by atoms with Crippen LogP contribution in [0, 0.1) is 5.92 Å². The maximum absolute atomic E-state index is 13.1. The molecule has 0 aromatic heterocycles. The predicted molar refractivity (Wildman–Crippen MR) is 116 cm³/mol. The minimum Gasteiger partial charge on any atom is -0.497 e. The topological polar surface area (TPSA) is 58.6 Å². The molecule has 0 aliphatic heterocycles. The van der Waals surface area contributed by atoms with Gasteiger partial charge >= 0.3 is 0 Å². The molecule has 156 valence electrons. The van der Waals surface area contributed by atoms with E-state index in [0.717, 1.165) is 16.9 Å². The Balaban J connectivity index is 2.21. The summed E-state index contributed by atoms with van der Waals surface area (Å²) in [6.07, 6.45) is 0.137. The third-order valence-electron chi connectivity index (χ3n) is 4.66. The minimum absolute atomic E-state index is 0.137. The van der Waals surface area contributed by atoms with Gasteiger partial charge in [-0.05, 0) is 42.2 Å². The van der Waals surface area contributed by atoms with Crippen molar-refractivity contribution in [3.05, 3.63) is 64.7 Å². The highest BCUT2D eigenvalue weighted by Crippen LogP contribution is 2.19. The summed E-state index contributed by atoms with van der Waals surface area (Å²) in [7, 11) is 1.61. The summed E-state index contributed by atoms with van der Waals surface area (Å²) in [5, 5.41) is 3.46. The first-order valence-electron chi connectivity index (χ1n) is 9.75. The molecule has 0 saturated heterocycles. The lowest BCUT2D eigenvalue weighted by molar-refractivity contribution is -0.140. The van der Waals surface area contributed by atoms with Crippen LogP contribution in [0.2, 0.25) is 5.02 Å². The molecule has 0 aliphatic carbocycles. The molecule has 0 aliphatic rings. The summed E-state index contributed by atoms with van der Waals surface area (Å²) >= 11 is 6.23. The average molecular weight is 417 g/mol. The second-order valence-corrected chi connectivity index (χ2v) is 7.86. The van der Waals surface area contributed by atoms with Crippen molar-refractivity contribution in [3.63, 3.8) is 0 Å². The Labute approximate surface area is 178 Å².